The van der Waals surface area contributed by atoms with Gasteiger partial charge in [0, 0.05) is 35.6 Å². The third-order valence-corrected chi connectivity index (χ3v) is 6.94. The fourth-order valence-electron chi connectivity index (χ4n) is 4.29. The van der Waals surface area contributed by atoms with Crippen LogP contribution in [-0.4, -0.2) is 42.7 Å². The largest absolute Gasteiger partial charge is 0.469 e. The van der Waals surface area contributed by atoms with Crippen molar-refractivity contribution >= 4 is 29.1 Å². The number of rotatable bonds is 4. The van der Waals surface area contributed by atoms with Crippen molar-refractivity contribution in [3.63, 3.8) is 0 Å². The number of nitrogens with zero attached hydrogens (tertiary/aromatic N) is 3. The van der Waals surface area contributed by atoms with Gasteiger partial charge in [-0.15, -0.1) is 11.3 Å². The fraction of sp³-hybridized carbons (Fsp3) is 0.550. The predicted octanol–water partition coefficient (Wildman–Crippen LogP) is 2.60. The lowest BCUT2D eigenvalue weighted by Gasteiger charge is -2.44. The van der Waals surface area contributed by atoms with Gasteiger partial charge in [-0.2, -0.15) is 4.98 Å². The second kappa shape index (κ2) is 7.67. The Morgan fingerprint density at radius 3 is 2.93 bits per heavy atom. The molecule has 2 N–H and O–H groups in total. The number of nitrogen functional groups attached to an aromatic ring is 1. The summed E-state index contributed by atoms with van der Waals surface area (Å²) in [6.45, 7) is 4.37. The average Bonchev–Trinajstić information content (AvgIpc) is 3.18. The third-order valence-electron chi connectivity index (χ3n) is 5.80. The number of hydrogen-bond acceptors (Lipinski definition) is 8. The number of ether oxygens (including phenoxy) is 2. The molecule has 0 aromatic carbocycles. The van der Waals surface area contributed by atoms with E-state index >= 15 is 0 Å². The molecule has 0 amide bonds. The van der Waals surface area contributed by atoms with Crippen LogP contribution in [0.25, 0.3) is 0 Å². The number of hydrogen-bond donors (Lipinski definition) is 1. The number of thiophene rings is 1. The van der Waals surface area contributed by atoms with Crippen LogP contribution in [-0.2, 0) is 32.7 Å². The van der Waals surface area contributed by atoms with Crippen LogP contribution in [0, 0.1) is 6.92 Å². The second-order valence-electron chi connectivity index (χ2n) is 7.40. The summed E-state index contributed by atoms with van der Waals surface area (Å²) in [6, 6.07) is 2.23. The van der Waals surface area contributed by atoms with Crippen LogP contribution >= 0.6 is 11.3 Å². The van der Waals surface area contributed by atoms with Gasteiger partial charge in [0.25, 0.3) is 0 Å². The van der Waals surface area contributed by atoms with Crippen LogP contribution in [0.15, 0.2) is 11.4 Å². The van der Waals surface area contributed by atoms with Crippen LogP contribution in [0.4, 0.5) is 11.8 Å². The SMILES string of the molecule is COC(=O)CCc1c(C)nc(N)nc1N1CCC2(CC1)OCCc1ccsc12. The number of aryl methyl sites for hydroxylation is 1. The van der Waals surface area contributed by atoms with Gasteiger partial charge in [0.2, 0.25) is 5.95 Å². The van der Waals surface area contributed by atoms with E-state index in [4.69, 9.17) is 15.2 Å². The number of piperidine rings is 1. The van der Waals surface area contributed by atoms with E-state index in [1.54, 1.807) is 0 Å². The lowest BCUT2D eigenvalue weighted by atomic mass is 9.85. The van der Waals surface area contributed by atoms with E-state index < -0.39 is 0 Å². The van der Waals surface area contributed by atoms with Gasteiger partial charge in [-0.1, -0.05) is 0 Å². The first-order valence-corrected chi connectivity index (χ1v) is 10.6. The molecule has 0 unspecified atom stereocenters. The number of carbonyl (C=O) groups excluding carboxylic acids is 1. The van der Waals surface area contributed by atoms with Crippen LogP contribution < -0.4 is 10.6 Å². The van der Waals surface area contributed by atoms with Gasteiger partial charge in [-0.25, -0.2) is 4.98 Å². The second-order valence-corrected chi connectivity index (χ2v) is 8.32. The first-order chi connectivity index (χ1) is 13.5. The molecule has 0 atom stereocenters. The lowest BCUT2D eigenvalue weighted by molar-refractivity contribution is -0.140. The molecule has 1 fully saturated rings. The summed E-state index contributed by atoms with van der Waals surface area (Å²) < 4.78 is 11.1. The molecule has 1 spiro atoms. The Bertz CT molecular complexity index is 874. The van der Waals surface area contributed by atoms with Gasteiger partial charge < -0.3 is 20.1 Å². The Morgan fingerprint density at radius 2 is 2.18 bits per heavy atom. The van der Waals surface area contributed by atoms with E-state index in [0.717, 1.165) is 56.0 Å². The number of methoxy groups -OCH3 is 1. The quantitative estimate of drug-likeness (QED) is 0.786. The first-order valence-electron chi connectivity index (χ1n) is 9.68. The van der Waals surface area contributed by atoms with Gasteiger partial charge in [0.05, 0.1) is 13.7 Å². The number of carbonyl (C=O) groups is 1. The predicted molar refractivity (Wildman–Crippen MR) is 109 cm³/mol. The van der Waals surface area contributed by atoms with Gasteiger partial charge in [0.1, 0.15) is 11.4 Å². The van der Waals surface area contributed by atoms with Crippen molar-refractivity contribution in [2.24, 2.45) is 0 Å². The maximum atomic E-state index is 11.6. The number of fused-ring (bicyclic) bond motifs is 2. The van der Waals surface area contributed by atoms with E-state index in [0.29, 0.717) is 12.8 Å². The molecule has 1 saturated heterocycles. The fourth-order valence-corrected chi connectivity index (χ4v) is 5.46. The van der Waals surface area contributed by atoms with Gasteiger partial charge >= 0.3 is 5.97 Å². The molecular weight excluding hydrogens is 376 g/mol. The highest BCUT2D eigenvalue weighted by Crippen LogP contribution is 2.45. The van der Waals surface area contributed by atoms with Crippen molar-refractivity contribution < 1.29 is 14.3 Å². The monoisotopic (exact) mass is 402 g/mol. The highest BCUT2D eigenvalue weighted by Gasteiger charge is 2.42. The van der Waals surface area contributed by atoms with E-state index in [2.05, 4.69) is 26.3 Å². The number of nitrogens with two attached hydrogens (primary N) is 1. The minimum Gasteiger partial charge on any atom is -0.469 e. The van der Waals surface area contributed by atoms with Crippen molar-refractivity contribution in [1.29, 1.82) is 0 Å². The molecule has 8 heteroatoms. The van der Waals surface area contributed by atoms with Gasteiger partial charge in [0.15, 0.2) is 0 Å². The summed E-state index contributed by atoms with van der Waals surface area (Å²) >= 11 is 1.81. The molecule has 2 aliphatic rings. The van der Waals surface area contributed by atoms with Crippen LogP contribution in [0.2, 0.25) is 0 Å². The van der Waals surface area contributed by atoms with Crippen molar-refractivity contribution in [3.8, 4) is 0 Å². The molecule has 28 heavy (non-hydrogen) atoms. The minimum atomic E-state index is -0.236. The number of aromatic nitrogens is 2. The molecular formula is C20H26N4O3S. The van der Waals surface area contributed by atoms with Crippen molar-refractivity contribution in [2.75, 3.05) is 37.4 Å². The van der Waals surface area contributed by atoms with Gasteiger partial charge in [-0.05, 0) is 49.6 Å². The number of esters is 1. The summed E-state index contributed by atoms with van der Waals surface area (Å²) in [5, 5.41) is 2.17. The van der Waals surface area contributed by atoms with E-state index in [9.17, 15) is 4.79 Å². The molecule has 2 aliphatic heterocycles. The van der Waals surface area contributed by atoms with Crippen LogP contribution in [0.5, 0.6) is 0 Å². The molecule has 4 heterocycles. The smallest absolute Gasteiger partial charge is 0.305 e. The molecule has 0 aliphatic carbocycles. The van der Waals surface area contributed by atoms with E-state index in [1.165, 1.54) is 17.6 Å². The molecule has 0 saturated carbocycles. The minimum absolute atomic E-state index is 0.169. The Labute approximate surface area is 168 Å². The first kappa shape index (κ1) is 19.1. The normalized spacial score (nSPS) is 18.1. The topological polar surface area (TPSA) is 90.6 Å². The molecule has 2 aromatic rings. The van der Waals surface area contributed by atoms with E-state index in [1.807, 2.05) is 18.3 Å². The van der Waals surface area contributed by atoms with Crippen molar-refractivity contribution in [2.45, 2.75) is 44.6 Å². The molecule has 4 rings (SSSR count). The Kier molecular flexibility index (Phi) is 5.25. The standard InChI is InChI=1S/C20H26N4O3S/c1-13-15(3-4-16(25)26-2)18(23-19(21)22-13)24-9-7-20(8-10-24)17-14(5-11-27-20)6-12-28-17/h6,12H,3-5,7-11H2,1-2H3,(H2,21,22,23). The lowest BCUT2D eigenvalue weighted by Crippen LogP contribution is -2.46. The summed E-state index contributed by atoms with van der Waals surface area (Å²) in [5.74, 6) is 0.871. The average molecular weight is 403 g/mol. The zero-order valence-corrected chi connectivity index (χ0v) is 17.2. The van der Waals surface area contributed by atoms with Crippen LogP contribution in [0.1, 0.15) is 41.0 Å². The zero-order chi connectivity index (χ0) is 19.7. The molecule has 0 radical (unpaired) electrons. The molecule has 7 nitrogen and oxygen atoms in total. The maximum absolute atomic E-state index is 11.6. The summed E-state index contributed by atoms with van der Waals surface area (Å²) in [4.78, 5) is 24.1. The summed E-state index contributed by atoms with van der Waals surface area (Å²) in [5.41, 5.74) is 9.00. The molecule has 150 valence electrons. The highest BCUT2D eigenvalue weighted by molar-refractivity contribution is 7.10. The summed E-state index contributed by atoms with van der Waals surface area (Å²) in [6.07, 6.45) is 3.68. The summed E-state index contributed by atoms with van der Waals surface area (Å²) in [7, 11) is 1.41. The van der Waals surface area contributed by atoms with Gasteiger partial charge in [-0.3, -0.25) is 4.79 Å². The Morgan fingerprint density at radius 1 is 1.39 bits per heavy atom. The zero-order valence-electron chi connectivity index (χ0n) is 16.4. The highest BCUT2D eigenvalue weighted by atomic mass is 32.1. The van der Waals surface area contributed by atoms with Crippen molar-refractivity contribution in [3.05, 3.63) is 33.1 Å². The third kappa shape index (κ3) is 3.46. The van der Waals surface area contributed by atoms with E-state index in [-0.39, 0.29) is 17.5 Å². The molecule has 0 bridgehead atoms. The molecule has 2 aromatic heterocycles. The Balaban J connectivity index is 1.56. The maximum Gasteiger partial charge on any atom is 0.305 e. The van der Waals surface area contributed by atoms with Crippen LogP contribution in [0.3, 0.4) is 0 Å². The Hall–Kier alpha value is -2.19. The number of anilines is 2. The van der Waals surface area contributed by atoms with Crippen molar-refractivity contribution in [1.82, 2.24) is 9.97 Å².